The molecule has 0 aliphatic carbocycles. The van der Waals surface area contributed by atoms with Gasteiger partial charge in [-0.05, 0) is 32.1 Å². The van der Waals surface area contributed by atoms with Gasteiger partial charge >= 0.3 is 0 Å². The Morgan fingerprint density at radius 3 is 2.81 bits per heavy atom. The number of guanidine groups is 1. The zero-order valence-corrected chi connectivity index (χ0v) is 16.9. The molecular weight excluding hydrogens is 328 g/mol. The normalized spacial score (nSPS) is 18.9. The summed E-state index contributed by atoms with van der Waals surface area (Å²) in [7, 11) is 1.98. The van der Waals surface area contributed by atoms with Crippen LogP contribution in [0.3, 0.4) is 0 Å². The van der Waals surface area contributed by atoms with Crippen molar-refractivity contribution >= 4 is 5.96 Å². The van der Waals surface area contributed by atoms with Gasteiger partial charge in [-0.25, -0.2) is 4.99 Å². The Kier molecular flexibility index (Phi) is 8.88. The van der Waals surface area contributed by atoms with E-state index in [4.69, 9.17) is 9.73 Å². The van der Waals surface area contributed by atoms with Crippen LogP contribution in [0.4, 0.5) is 0 Å². The van der Waals surface area contributed by atoms with Crippen molar-refractivity contribution in [2.24, 2.45) is 18.0 Å². The fourth-order valence-corrected chi connectivity index (χ4v) is 3.11. The molecule has 1 aromatic rings. The summed E-state index contributed by atoms with van der Waals surface area (Å²) in [6.45, 7) is 9.61. The molecule has 0 radical (unpaired) electrons. The van der Waals surface area contributed by atoms with Gasteiger partial charge in [0.1, 0.15) is 12.4 Å². The number of nitrogens with zero attached hydrogens (tertiary/aromatic N) is 4. The summed E-state index contributed by atoms with van der Waals surface area (Å²) in [6.07, 6.45) is 7.56. The second kappa shape index (κ2) is 11.2. The smallest absolute Gasteiger partial charge is 0.191 e. The van der Waals surface area contributed by atoms with Crippen molar-refractivity contribution in [3.63, 3.8) is 0 Å². The lowest BCUT2D eigenvalue weighted by Gasteiger charge is -2.19. The van der Waals surface area contributed by atoms with Gasteiger partial charge < -0.3 is 19.9 Å². The number of unbranched alkanes of at least 4 members (excludes halogenated alkanes) is 1. The van der Waals surface area contributed by atoms with Gasteiger partial charge in [0.2, 0.25) is 0 Å². The molecule has 148 valence electrons. The zero-order valence-electron chi connectivity index (χ0n) is 16.9. The number of hydrogen-bond acceptors (Lipinski definition) is 4. The van der Waals surface area contributed by atoms with E-state index in [2.05, 4.69) is 34.7 Å². The van der Waals surface area contributed by atoms with Crippen LogP contribution in [0.15, 0.2) is 4.99 Å². The minimum Gasteiger partial charge on any atom is -0.376 e. The summed E-state index contributed by atoms with van der Waals surface area (Å²) in [5.41, 5.74) is 0. The predicted molar refractivity (Wildman–Crippen MR) is 105 cm³/mol. The quantitative estimate of drug-likeness (QED) is 0.493. The van der Waals surface area contributed by atoms with E-state index in [9.17, 15) is 0 Å². The molecule has 0 aromatic carbocycles. The predicted octanol–water partition coefficient (Wildman–Crippen LogP) is 2.55. The molecule has 0 saturated carbocycles. The molecule has 2 atom stereocenters. The average Bonchev–Trinajstić information content (AvgIpc) is 3.28. The van der Waals surface area contributed by atoms with Crippen LogP contribution in [0.2, 0.25) is 0 Å². The highest BCUT2D eigenvalue weighted by atomic mass is 16.5. The van der Waals surface area contributed by atoms with Crippen molar-refractivity contribution in [3.05, 3.63) is 11.6 Å². The molecular formula is C19H36N6O. The van der Waals surface area contributed by atoms with Crippen molar-refractivity contribution in [2.75, 3.05) is 19.7 Å². The number of aryl methyl sites for hydroxylation is 1. The highest BCUT2D eigenvalue weighted by Gasteiger charge is 2.16. The first kappa shape index (κ1) is 20.7. The van der Waals surface area contributed by atoms with E-state index in [0.29, 0.717) is 18.6 Å². The Morgan fingerprint density at radius 2 is 2.19 bits per heavy atom. The second-order valence-electron chi connectivity index (χ2n) is 7.20. The zero-order chi connectivity index (χ0) is 18.8. The molecule has 2 N–H and O–H groups in total. The Hall–Kier alpha value is -1.63. The number of ether oxygens (including phenoxy) is 1. The maximum absolute atomic E-state index is 5.72. The van der Waals surface area contributed by atoms with Crippen molar-refractivity contribution < 1.29 is 4.74 Å². The van der Waals surface area contributed by atoms with E-state index in [-0.39, 0.29) is 0 Å². The molecule has 2 heterocycles. The second-order valence-corrected chi connectivity index (χ2v) is 7.20. The lowest BCUT2D eigenvalue weighted by atomic mass is 9.99. The standard InChI is InChI=1S/C19H36N6O/c1-5-7-9-16(6-2)12-20-19(21-13-17-10-8-11-26-17)22-14-18-24-23-15(3)25(18)4/h16-17H,5-14H2,1-4H3,(H2,20,21,22). The molecule has 1 aliphatic rings. The molecule has 1 aromatic heterocycles. The molecule has 7 heteroatoms. The van der Waals surface area contributed by atoms with Crippen LogP contribution in [-0.2, 0) is 18.3 Å². The molecule has 1 saturated heterocycles. The molecule has 1 aliphatic heterocycles. The van der Waals surface area contributed by atoms with E-state index in [0.717, 1.165) is 50.1 Å². The minimum absolute atomic E-state index is 0.293. The Balaban J connectivity index is 1.92. The van der Waals surface area contributed by atoms with E-state index in [1.54, 1.807) is 0 Å². The number of hydrogen-bond donors (Lipinski definition) is 2. The molecule has 26 heavy (non-hydrogen) atoms. The first-order chi connectivity index (χ1) is 12.6. The van der Waals surface area contributed by atoms with E-state index in [1.807, 2.05) is 18.5 Å². The fraction of sp³-hybridized carbons (Fsp3) is 0.842. The number of nitrogens with one attached hydrogen (secondary N) is 2. The van der Waals surface area contributed by atoms with Crippen LogP contribution >= 0.6 is 0 Å². The Bertz CT molecular complexity index is 550. The number of aromatic nitrogens is 3. The van der Waals surface area contributed by atoms with Crippen molar-refractivity contribution in [3.8, 4) is 0 Å². The van der Waals surface area contributed by atoms with Crippen molar-refractivity contribution in [2.45, 2.75) is 71.9 Å². The maximum atomic E-state index is 5.72. The summed E-state index contributed by atoms with van der Waals surface area (Å²) < 4.78 is 7.70. The van der Waals surface area contributed by atoms with Crippen LogP contribution in [0.5, 0.6) is 0 Å². The monoisotopic (exact) mass is 364 g/mol. The van der Waals surface area contributed by atoms with Crippen LogP contribution in [-0.4, -0.2) is 46.5 Å². The molecule has 0 amide bonds. The van der Waals surface area contributed by atoms with Crippen LogP contribution in [0.25, 0.3) is 0 Å². The molecule has 7 nitrogen and oxygen atoms in total. The lowest BCUT2D eigenvalue weighted by molar-refractivity contribution is 0.113. The Labute approximate surface area is 158 Å². The molecule has 0 spiro atoms. The van der Waals surface area contributed by atoms with Gasteiger partial charge in [-0.3, -0.25) is 0 Å². The third-order valence-electron chi connectivity index (χ3n) is 5.18. The van der Waals surface area contributed by atoms with Gasteiger partial charge in [-0.2, -0.15) is 0 Å². The van der Waals surface area contributed by atoms with Gasteiger partial charge in [-0.15, -0.1) is 10.2 Å². The maximum Gasteiger partial charge on any atom is 0.191 e. The highest BCUT2D eigenvalue weighted by molar-refractivity contribution is 5.79. The topological polar surface area (TPSA) is 76.4 Å². The highest BCUT2D eigenvalue weighted by Crippen LogP contribution is 2.12. The molecule has 2 unspecified atom stereocenters. The van der Waals surface area contributed by atoms with Crippen LogP contribution in [0.1, 0.15) is 64.0 Å². The van der Waals surface area contributed by atoms with Gasteiger partial charge in [0, 0.05) is 26.7 Å². The molecule has 0 bridgehead atoms. The minimum atomic E-state index is 0.293. The summed E-state index contributed by atoms with van der Waals surface area (Å²) in [4.78, 5) is 4.73. The fourth-order valence-electron chi connectivity index (χ4n) is 3.11. The van der Waals surface area contributed by atoms with E-state index >= 15 is 0 Å². The van der Waals surface area contributed by atoms with Gasteiger partial charge in [0.25, 0.3) is 0 Å². The summed E-state index contributed by atoms with van der Waals surface area (Å²) >= 11 is 0. The van der Waals surface area contributed by atoms with Crippen molar-refractivity contribution in [1.82, 2.24) is 25.4 Å². The average molecular weight is 365 g/mol. The third-order valence-corrected chi connectivity index (χ3v) is 5.18. The van der Waals surface area contributed by atoms with Gasteiger partial charge in [0.05, 0.1) is 6.10 Å². The number of rotatable bonds is 10. The lowest BCUT2D eigenvalue weighted by Crippen LogP contribution is -2.43. The molecule has 1 fully saturated rings. The number of aliphatic imine (C=N–C) groups is 1. The van der Waals surface area contributed by atoms with Crippen LogP contribution < -0.4 is 10.6 Å². The third kappa shape index (κ3) is 6.59. The van der Waals surface area contributed by atoms with Crippen molar-refractivity contribution in [1.29, 1.82) is 0 Å². The first-order valence-electron chi connectivity index (χ1n) is 10.1. The largest absolute Gasteiger partial charge is 0.376 e. The summed E-state index contributed by atoms with van der Waals surface area (Å²) in [5, 5.41) is 15.3. The van der Waals surface area contributed by atoms with Gasteiger partial charge in [0.15, 0.2) is 11.8 Å². The van der Waals surface area contributed by atoms with Gasteiger partial charge in [-0.1, -0.05) is 33.1 Å². The summed E-state index contributed by atoms with van der Waals surface area (Å²) in [6, 6.07) is 0. The summed E-state index contributed by atoms with van der Waals surface area (Å²) in [5.74, 6) is 3.30. The van der Waals surface area contributed by atoms with E-state index < -0.39 is 0 Å². The first-order valence-corrected chi connectivity index (χ1v) is 10.1. The molecule has 2 rings (SSSR count). The Morgan fingerprint density at radius 1 is 1.35 bits per heavy atom. The van der Waals surface area contributed by atoms with E-state index in [1.165, 1.54) is 25.7 Å². The van der Waals surface area contributed by atoms with Crippen LogP contribution in [0, 0.1) is 12.8 Å². The SMILES string of the molecule is CCCCC(CC)CNC(=NCc1nnc(C)n1C)NCC1CCCO1.